The highest BCUT2D eigenvalue weighted by Gasteiger charge is 2.00. The van der Waals surface area contributed by atoms with Crippen LogP contribution < -0.4 is 0 Å². The highest BCUT2D eigenvalue weighted by Crippen LogP contribution is 2.27. The van der Waals surface area contributed by atoms with E-state index in [1.54, 1.807) is 6.07 Å². The molecule has 0 fully saturated rings. The van der Waals surface area contributed by atoms with Crippen LogP contribution in [0.25, 0.3) is 11.1 Å². The molecule has 17 heavy (non-hydrogen) atoms. The Bertz CT molecular complexity index is 403. The SMILES string of the molecule is O.O.O.O.Oc1ccccc1-c1ccccc1. The standard InChI is InChI=1S/C12H10O.4H2O/c13-12-9-5-4-8-11(12)10-6-2-1-3-7-10;;;;/h1-9,13H;4*1H2. The Hall–Kier alpha value is -1.92. The maximum absolute atomic E-state index is 9.56. The first-order valence-electron chi connectivity index (χ1n) is 4.21. The maximum atomic E-state index is 9.56. The minimum atomic E-state index is 0. The minimum absolute atomic E-state index is 0. The lowest BCUT2D eigenvalue weighted by Gasteiger charge is -2.02. The number of rotatable bonds is 1. The van der Waals surface area contributed by atoms with Gasteiger partial charge < -0.3 is 27.0 Å². The Balaban J connectivity index is -0.000000490. The number of aromatic hydroxyl groups is 1. The number of para-hydroxylation sites is 1. The van der Waals surface area contributed by atoms with Gasteiger partial charge in [0.05, 0.1) is 0 Å². The molecule has 0 saturated heterocycles. The van der Waals surface area contributed by atoms with Gasteiger partial charge >= 0.3 is 0 Å². The van der Waals surface area contributed by atoms with Crippen molar-refractivity contribution in [3.8, 4) is 16.9 Å². The van der Waals surface area contributed by atoms with Crippen molar-refractivity contribution in [3.05, 3.63) is 54.6 Å². The molecule has 0 amide bonds. The van der Waals surface area contributed by atoms with E-state index < -0.39 is 0 Å². The van der Waals surface area contributed by atoms with Gasteiger partial charge in [-0.2, -0.15) is 0 Å². The van der Waals surface area contributed by atoms with Gasteiger partial charge in [0.2, 0.25) is 0 Å². The highest BCUT2D eigenvalue weighted by atomic mass is 16.3. The van der Waals surface area contributed by atoms with Gasteiger partial charge in [-0.05, 0) is 11.6 Å². The van der Waals surface area contributed by atoms with Crippen molar-refractivity contribution < 1.29 is 27.0 Å². The second-order valence-corrected chi connectivity index (χ2v) is 2.88. The van der Waals surface area contributed by atoms with E-state index in [1.807, 2.05) is 48.5 Å². The van der Waals surface area contributed by atoms with Crippen LogP contribution in [0.4, 0.5) is 0 Å². The molecule has 0 unspecified atom stereocenters. The van der Waals surface area contributed by atoms with E-state index in [4.69, 9.17) is 0 Å². The van der Waals surface area contributed by atoms with Crippen molar-refractivity contribution >= 4 is 0 Å². The van der Waals surface area contributed by atoms with Crippen molar-refractivity contribution in [1.29, 1.82) is 0 Å². The molecule has 5 nitrogen and oxygen atoms in total. The second kappa shape index (κ2) is 9.32. The van der Waals surface area contributed by atoms with Crippen molar-refractivity contribution in [2.24, 2.45) is 0 Å². The smallest absolute Gasteiger partial charge is 0.123 e. The van der Waals surface area contributed by atoms with Crippen molar-refractivity contribution in [2.45, 2.75) is 0 Å². The van der Waals surface area contributed by atoms with Crippen molar-refractivity contribution in [3.63, 3.8) is 0 Å². The van der Waals surface area contributed by atoms with Crippen LogP contribution in [0.15, 0.2) is 54.6 Å². The molecule has 0 bridgehead atoms. The van der Waals surface area contributed by atoms with E-state index in [1.165, 1.54) is 0 Å². The summed E-state index contributed by atoms with van der Waals surface area (Å²) in [5, 5.41) is 9.56. The molecule has 96 valence electrons. The monoisotopic (exact) mass is 242 g/mol. The third kappa shape index (κ3) is 4.62. The molecule has 0 spiro atoms. The van der Waals surface area contributed by atoms with E-state index >= 15 is 0 Å². The lowest BCUT2D eigenvalue weighted by Crippen LogP contribution is -1.76. The fourth-order valence-corrected chi connectivity index (χ4v) is 1.34. The van der Waals surface area contributed by atoms with Crippen molar-refractivity contribution in [2.75, 3.05) is 0 Å². The van der Waals surface area contributed by atoms with E-state index in [0.29, 0.717) is 5.75 Å². The van der Waals surface area contributed by atoms with Gasteiger partial charge in [-0.3, -0.25) is 0 Å². The predicted octanol–water partition coefficient (Wildman–Crippen LogP) is -0.240. The Kier molecular flexibility index (Phi) is 11.2. The molecule has 5 heteroatoms. The zero-order valence-electron chi connectivity index (χ0n) is 9.14. The van der Waals surface area contributed by atoms with Crippen LogP contribution in [0.1, 0.15) is 0 Å². The summed E-state index contributed by atoms with van der Waals surface area (Å²) in [5.74, 6) is 0.328. The first-order valence-corrected chi connectivity index (χ1v) is 4.21. The van der Waals surface area contributed by atoms with E-state index in [-0.39, 0.29) is 21.9 Å². The highest BCUT2D eigenvalue weighted by molar-refractivity contribution is 5.69. The van der Waals surface area contributed by atoms with Gasteiger partial charge in [-0.15, -0.1) is 0 Å². The van der Waals surface area contributed by atoms with Crippen molar-refractivity contribution in [1.82, 2.24) is 0 Å². The average Bonchev–Trinajstić information content (AvgIpc) is 2.20. The molecular weight excluding hydrogens is 224 g/mol. The van der Waals surface area contributed by atoms with Crippen LogP contribution >= 0.6 is 0 Å². The molecule has 0 aliphatic heterocycles. The normalized spacial score (nSPS) is 7.53. The fraction of sp³-hybridized carbons (Fsp3) is 0. The van der Waals surface area contributed by atoms with Gasteiger partial charge in [0, 0.05) is 5.56 Å². The first-order chi connectivity index (χ1) is 6.38. The Morgan fingerprint density at radius 3 is 1.59 bits per heavy atom. The molecule has 0 saturated carbocycles. The first kappa shape index (κ1) is 20.5. The lowest BCUT2D eigenvalue weighted by atomic mass is 10.1. The molecule has 0 heterocycles. The Morgan fingerprint density at radius 2 is 1.06 bits per heavy atom. The summed E-state index contributed by atoms with van der Waals surface area (Å²) in [5.41, 5.74) is 1.92. The molecule has 2 rings (SSSR count). The molecule has 0 atom stereocenters. The van der Waals surface area contributed by atoms with Crippen LogP contribution in [0.5, 0.6) is 5.75 Å². The van der Waals surface area contributed by atoms with Crippen LogP contribution in [-0.4, -0.2) is 27.0 Å². The number of hydrogen-bond acceptors (Lipinski definition) is 1. The zero-order chi connectivity index (χ0) is 9.10. The lowest BCUT2D eigenvalue weighted by molar-refractivity contribution is 0.477. The summed E-state index contributed by atoms with van der Waals surface area (Å²) < 4.78 is 0. The summed E-state index contributed by atoms with van der Waals surface area (Å²) in [6.07, 6.45) is 0. The molecule has 0 aliphatic carbocycles. The van der Waals surface area contributed by atoms with Gasteiger partial charge in [0.25, 0.3) is 0 Å². The van der Waals surface area contributed by atoms with E-state index in [0.717, 1.165) is 11.1 Å². The van der Waals surface area contributed by atoms with Gasteiger partial charge in [-0.1, -0.05) is 48.5 Å². The molecule has 0 aliphatic rings. The number of phenolic OH excluding ortho intramolecular Hbond substituents is 1. The zero-order valence-corrected chi connectivity index (χ0v) is 9.14. The van der Waals surface area contributed by atoms with Gasteiger partial charge in [0.15, 0.2) is 0 Å². The summed E-state index contributed by atoms with van der Waals surface area (Å²) in [7, 11) is 0. The number of benzene rings is 2. The Labute approximate surface area is 99.2 Å². The Morgan fingerprint density at radius 1 is 0.588 bits per heavy atom. The topological polar surface area (TPSA) is 146 Å². The molecular formula is C12H18O5. The third-order valence-corrected chi connectivity index (χ3v) is 1.99. The molecule has 0 radical (unpaired) electrons. The minimum Gasteiger partial charge on any atom is -0.507 e. The van der Waals surface area contributed by atoms with Gasteiger partial charge in [0.1, 0.15) is 5.75 Å². The van der Waals surface area contributed by atoms with Crippen LogP contribution in [0.3, 0.4) is 0 Å². The number of hydrogen-bond donors (Lipinski definition) is 1. The van der Waals surface area contributed by atoms with Gasteiger partial charge in [-0.25, -0.2) is 0 Å². The summed E-state index contributed by atoms with van der Waals surface area (Å²) in [6, 6.07) is 17.2. The van der Waals surface area contributed by atoms with E-state index in [2.05, 4.69) is 0 Å². The quantitative estimate of drug-likeness (QED) is 0.722. The molecule has 9 N–H and O–H groups in total. The molecule has 2 aromatic rings. The van der Waals surface area contributed by atoms with E-state index in [9.17, 15) is 5.11 Å². The van der Waals surface area contributed by atoms with Crippen LogP contribution in [0.2, 0.25) is 0 Å². The summed E-state index contributed by atoms with van der Waals surface area (Å²) >= 11 is 0. The number of phenols is 1. The largest absolute Gasteiger partial charge is 0.507 e. The molecule has 2 aromatic carbocycles. The summed E-state index contributed by atoms with van der Waals surface area (Å²) in [4.78, 5) is 0. The molecule has 0 aromatic heterocycles. The summed E-state index contributed by atoms with van der Waals surface area (Å²) in [6.45, 7) is 0. The third-order valence-electron chi connectivity index (χ3n) is 1.99. The fourth-order valence-electron chi connectivity index (χ4n) is 1.34. The predicted molar refractivity (Wildman–Crippen MR) is 68.0 cm³/mol. The van der Waals surface area contributed by atoms with Crippen LogP contribution in [0, 0.1) is 0 Å². The second-order valence-electron chi connectivity index (χ2n) is 2.88. The average molecular weight is 242 g/mol. The van der Waals surface area contributed by atoms with Crippen LogP contribution in [-0.2, 0) is 0 Å². The maximum Gasteiger partial charge on any atom is 0.123 e.